The van der Waals surface area contributed by atoms with Crippen molar-refractivity contribution in [3.63, 3.8) is 0 Å². The SMILES string of the molecule is Cc1nccc(-c2ccc(OCC(C)(N)CC(C)C)c(CF)n2)n1. The number of nitrogens with zero attached hydrogens (tertiary/aromatic N) is 3. The summed E-state index contributed by atoms with van der Waals surface area (Å²) in [6, 6.07) is 5.24. The minimum Gasteiger partial charge on any atom is -0.490 e. The van der Waals surface area contributed by atoms with Crippen LogP contribution in [0.15, 0.2) is 24.4 Å². The summed E-state index contributed by atoms with van der Waals surface area (Å²) < 4.78 is 19.1. The van der Waals surface area contributed by atoms with E-state index in [9.17, 15) is 4.39 Å². The Morgan fingerprint density at radius 2 is 1.92 bits per heavy atom. The first-order valence-corrected chi connectivity index (χ1v) is 8.08. The van der Waals surface area contributed by atoms with Crippen molar-refractivity contribution in [3.8, 4) is 17.1 Å². The van der Waals surface area contributed by atoms with Crippen molar-refractivity contribution >= 4 is 0 Å². The van der Waals surface area contributed by atoms with Crippen LogP contribution in [0.25, 0.3) is 11.4 Å². The molecule has 2 heterocycles. The maximum absolute atomic E-state index is 13.4. The van der Waals surface area contributed by atoms with Crippen molar-refractivity contribution in [1.82, 2.24) is 15.0 Å². The Labute approximate surface area is 142 Å². The van der Waals surface area contributed by atoms with E-state index in [1.165, 1.54) is 0 Å². The van der Waals surface area contributed by atoms with Gasteiger partial charge in [0.25, 0.3) is 0 Å². The van der Waals surface area contributed by atoms with Gasteiger partial charge in [0.1, 0.15) is 30.5 Å². The molecule has 5 nitrogen and oxygen atoms in total. The van der Waals surface area contributed by atoms with E-state index in [2.05, 4.69) is 28.8 Å². The summed E-state index contributed by atoms with van der Waals surface area (Å²) in [6.45, 7) is 7.56. The smallest absolute Gasteiger partial charge is 0.143 e. The van der Waals surface area contributed by atoms with Crippen LogP contribution in [0, 0.1) is 12.8 Å². The highest BCUT2D eigenvalue weighted by Gasteiger charge is 2.22. The van der Waals surface area contributed by atoms with Gasteiger partial charge in [0.2, 0.25) is 0 Å². The number of rotatable bonds is 7. The summed E-state index contributed by atoms with van der Waals surface area (Å²) in [5, 5.41) is 0. The molecule has 2 aromatic rings. The van der Waals surface area contributed by atoms with Gasteiger partial charge in [0, 0.05) is 11.7 Å². The quantitative estimate of drug-likeness (QED) is 0.840. The van der Waals surface area contributed by atoms with E-state index in [0.717, 1.165) is 6.42 Å². The molecule has 2 aromatic heterocycles. The van der Waals surface area contributed by atoms with Crippen molar-refractivity contribution in [2.45, 2.75) is 46.3 Å². The molecular weight excluding hydrogens is 307 g/mol. The maximum Gasteiger partial charge on any atom is 0.143 e. The van der Waals surface area contributed by atoms with E-state index in [4.69, 9.17) is 10.5 Å². The van der Waals surface area contributed by atoms with Crippen LogP contribution in [0.4, 0.5) is 4.39 Å². The molecule has 0 amide bonds. The third-order valence-electron chi connectivity index (χ3n) is 3.53. The summed E-state index contributed by atoms with van der Waals surface area (Å²) in [6.07, 6.45) is 2.48. The third-order valence-corrected chi connectivity index (χ3v) is 3.53. The molecule has 0 aliphatic rings. The molecule has 0 spiro atoms. The van der Waals surface area contributed by atoms with Gasteiger partial charge < -0.3 is 10.5 Å². The van der Waals surface area contributed by atoms with Crippen molar-refractivity contribution in [3.05, 3.63) is 35.9 Å². The Morgan fingerprint density at radius 3 is 2.54 bits per heavy atom. The number of nitrogens with two attached hydrogens (primary N) is 1. The van der Waals surface area contributed by atoms with Crippen LogP contribution in [-0.4, -0.2) is 27.1 Å². The number of halogens is 1. The predicted molar refractivity (Wildman–Crippen MR) is 92.4 cm³/mol. The highest BCUT2D eigenvalue weighted by Crippen LogP contribution is 2.24. The Kier molecular flexibility index (Phi) is 5.83. The molecule has 1 unspecified atom stereocenters. The number of pyridine rings is 1. The molecule has 2 rings (SSSR count). The fourth-order valence-electron chi connectivity index (χ4n) is 2.69. The van der Waals surface area contributed by atoms with Gasteiger partial charge in [-0.15, -0.1) is 0 Å². The average molecular weight is 332 g/mol. The van der Waals surface area contributed by atoms with Crippen LogP contribution in [0.5, 0.6) is 5.75 Å². The number of alkyl halides is 1. The maximum atomic E-state index is 13.4. The molecule has 0 fully saturated rings. The van der Waals surface area contributed by atoms with Crippen molar-refractivity contribution in [1.29, 1.82) is 0 Å². The highest BCUT2D eigenvalue weighted by molar-refractivity contribution is 5.55. The molecule has 0 radical (unpaired) electrons. The molecule has 1 atom stereocenters. The van der Waals surface area contributed by atoms with Crippen molar-refractivity contribution < 1.29 is 9.13 Å². The molecule has 6 heteroatoms. The lowest BCUT2D eigenvalue weighted by molar-refractivity contribution is 0.203. The molecular formula is C18H25FN4O. The number of aromatic nitrogens is 3. The summed E-state index contributed by atoms with van der Waals surface area (Å²) >= 11 is 0. The average Bonchev–Trinajstić information content (AvgIpc) is 2.51. The van der Waals surface area contributed by atoms with Gasteiger partial charge in [-0.2, -0.15) is 0 Å². The fraction of sp³-hybridized carbons (Fsp3) is 0.500. The van der Waals surface area contributed by atoms with Gasteiger partial charge in [-0.3, -0.25) is 0 Å². The van der Waals surface area contributed by atoms with Gasteiger partial charge >= 0.3 is 0 Å². The van der Waals surface area contributed by atoms with Gasteiger partial charge in [-0.05, 0) is 44.4 Å². The minimum absolute atomic E-state index is 0.254. The van der Waals surface area contributed by atoms with Crippen LogP contribution >= 0.6 is 0 Å². The zero-order chi connectivity index (χ0) is 17.7. The number of ether oxygens (including phenoxy) is 1. The van der Waals surface area contributed by atoms with E-state index >= 15 is 0 Å². The molecule has 0 aliphatic carbocycles. The van der Waals surface area contributed by atoms with Crippen LogP contribution in [-0.2, 0) is 6.67 Å². The van der Waals surface area contributed by atoms with E-state index in [1.807, 2.05) is 6.92 Å². The second kappa shape index (κ2) is 7.66. The second-order valence-corrected chi connectivity index (χ2v) is 6.80. The molecule has 0 saturated carbocycles. The Balaban J connectivity index is 2.17. The molecule has 2 N–H and O–H groups in total. The van der Waals surface area contributed by atoms with E-state index in [1.54, 1.807) is 31.3 Å². The molecule has 24 heavy (non-hydrogen) atoms. The van der Waals surface area contributed by atoms with Crippen LogP contribution in [0.1, 0.15) is 38.7 Å². The summed E-state index contributed by atoms with van der Waals surface area (Å²) in [5.74, 6) is 1.53. The standard InChI is InChI=1S/C18H25FN4O/c1-12(2)9-18(4,20)11-24-17-6-5-14(23-16(17)10-19)15-7-8-21-13(3)22-15/h5-8,12H,9-11,20H2,1-4H3. The minimum atomic E-state index is -0.710. The summed E-state index contributed by atoms with van der Waals surface area (Å²) in [4.78, 5) is 12.7. The number of aryl methyl sites for hydroxylation is 1. The summed E-state index contributed by atoms with van der Waals surface area (Å²) in [5.41, 5.74) is 7.28. The van der Waals surface area contributed by atoms with Crippen molar-refractivity contribution in [2.75, 3.05) is 6.61 Å². The zero-order valence-corrected chi connectivity index (χ0v) is 14.7. The lowest BCUT2D eigenvalue weighted by Crippen LogP contribution is -2.43. The largest absolute Gasteiger partial charge is 0.490 e. The highest BCUT2D eigenvalue weighted by atomic mass is 19.1. The van der Waals surface area contributed by atoms with Gasteiger partial charge in [-0.25, -0.2) is 19.3 Å². The molecule has 0 aliphatic heterocycles. The van der Waals surface area contributed by atoms with Crippen molar-refractivity contribution in [2.24, 2.45) is 11.7 Å². The van der Waals surface area contributed by atoms with Crippen LogP contribution < -0.4 is 10.5 Å². The normalized spacial score (nSPS) is 13.8. The monoisotopic (exact) mass is 332 g/mol. The molecule has 0 saturated heterocycles. The van der Waals surface area contributed by atoms with E-state index < -0.39 is 12.2 Å². The van der Waals surface area contributed by atoms with Gasteiger partial charge in [0.05, 0.1) is 11.4 Å². The molecule has 0 bridgehead atoms. The Morgan fingerprint density at radius 1 is 1.21 bits per heavy atom. The van der Waals surface area contributed by atoms with E-state index in [-0.39, 0.29) is 5.69 Å². The first kappa shape index (κ1) is 18.3. The van der Waals surface area contributed by atoms with Gasteiger partial charge in [-0.1, -0.05) is 13.8 Å². The third kappa shape index (κ3) is 4.96. The number of hydrogen-bond donors (Lipinski definition) is 1. The molecule has 130 valence electrons. The summed E-state index contributed by atoms with van der Waals surface area (Å²) in [7, 11) is 0. The number of hydrogen-bond acceptors (Lipinski definition) is 5. The lowest BCUT2D eigenvalue weighted by Gasteiger charge is -2.27. The Bertz CT molecular complexity index is 688. The predicted octanol–water partition coefficient (Wildman–Crippen LogP) is 3.46. The zero-order valence-electron chi connectivity index (χ0n) is 14.7. The first-order valence-electron chi connectivity index (χ1n) is 8.08. The first-order chi connectivity index (χ1) is 11.3. The van der Waals surface area contributed by atoms with Crippen LogP contribution in [0.2, 0.25) is 0 Å². The van der Waals surface area contributed by atoms with E-state index in [0.29, 0.717) is 35.5 Å². The van der Waals surface area contributed by atoms with Gasteiger partial charge in [0.15, 0.2) is 0 Å². The fourth-order valence-corrected chi connectivity index (χ4v) is 2.69. The lowest BCUT2D eigenvalue weighted by atomic mass is 9.93. The topological polar surface area (TPSA) is 73.9 Å². The van der Waals surface area contributed by atoms with Crippen LogP contribution in [0.3, 0.4) is 0 Å². The second-order valence-electron chi connectivity index (χ2n) is 6.80. The Hall–Kier alpha value is -2.08. The molecule has 0 aromatic carbocycles.